The number of anilines is 1. The second-order valence-corrected chi connectivity index (χ2v) is 5.45. The van der Waals surface area contributed by atoms with Crippen LogP contribution in [-0.2, 0) is 0 Å². The van der Waals surface area contributed by atoms with Gasteiger partial charge < -0.3 is 15.4 Å². The average Bonchev–Trinajstić information content (AvgIpc) is 2.34. The van der Waals surface area contributed by atoms with Crippen molar-refractivity contribution in [2.75, 3.05) is 31.4 Å². The molecule has 0 amide bonds. The topological polar surface area (TPSA) is 38.5 Å². The van der Waals surface area contributed by atoms with Crippen molar-refractivity contribution in [1.82, 2.24) is 0 Å². The summed E-state index contributed by atoms with van der Waals surface area (Å²) in [4.78, 5) is 3.67. The maximum Gasteiger partial charge on any atom is 0.143 e. The van der Waals surface area contributed by atoms with Crippen molar-refractivity contribution in [3.05, 3.63) is 17.7 Å². The number of thioether (sulfide) groups is 1. The summed E-state index contributed by atoms with van der Waals surface area (Å²) in [6.07, 6.45) is 1.03. The van der Waals surface area contributed by atoms with Gasteiger partial charge in [0, 0.05) is 23.7 Å². The highest BCUT2D eigenvalue weighted by Gasteiger charge is 2.27. The quantitative estimate of drug-likeness (QED) is 0.895. The molecule has 1 heterocycles. The number of nitrogens with two attached hydrogens (primary N) is 1. The number of fused-ring (bicyclic) bond motifs is 1. The van der Waals surface area contributed by atoms with E-state index in [1.807, 2.05) is 11.8 Å². The zero-order valence-electron chi connectivity index (χ0n) is 10.7. The van der Waals surface area contributed by atoms with Crippen LogP contribution in [-0.4, -0.2) is 32.5 Å². The highest BCUT2D eigenvalue weighted by Crippen LogP contribution is 2.45. The lowest BCUT2D eigenvalue weighted by atomic mass is 10.1. The predicted molar refractivity (Wildman–Crippen MR) is 74.3 cm³/mol. The number of benzene rings is 1. The average molecular weight is 252 g/mol. The minimum absolute atomic E-state index is 0.508. The molecule has 0 bridgehead atoms. The van der Waals surface area contributed by atoms with Crippen LogP contribution >= 0.6 is 11.8 Å². The third-order valence-corrected chi connectivity index (χ3v) is 4.69. The largest absolute Gasteiger partial charge is 0.495 e. The van der Waals surface area contributed by atoms with Crippen molar-refractivity contribution in [3.63, 3.8) is 0 Å². The molecule has 3 nitrogen and oxygen atoms in total. The SMILES string of the molecule is COc1ccc(C)c2c1N(C)C(CCN)CS2. The molecule has 2 N–H and O–H groups in total. The molecular weight excluding hydrogens is 232 g/mol. The Hall–Kier alpha value is -0.870. The fourth-order valence-electron chi connectivity index (χ4n) is 2.28. The summed E-state index contributed by atoms with van der Waals surface area (Å²) in [5.74, 6) is 2.07. The standard InChI is InChI=1S/C13H20N2OS/c1-9-4-5-11(16-3)12-13(9)17-8-10(6-7-14)15(12)2/h4-5,10H,6-8,14H2,1-3H3. The Kier molecular flexibility index (Phi) is 3.84. The first-order valence-electron chi connectivity index (χ1n) is 5.92. The molecule has 4 heteroatoms. The molecule has 0 fully saturated rings. The third-order valence-electron chi connectivity index (χ3n) is 3.33. The van der Waals surface area contributed by atoms with E-state index in [4.69, 9.17) is 10.5 Å². The van der Waals surface area contributed by atoms with Gasteiger partial charge in [-0.25, -0.2) is 0 Å². The molecule has 94 valence electrons. The van der Waals surface area contributed by atoms with Crippen molar-refractivity contribution in [3.8, 4) is 5.75 Å². The lowest BCUT2D eigenvalue weighted by Crippen LogP contribution is -2.38. The molecule has 0 aliphatic carbocycles. The van der Waals surface area contributed by atoms with Gasteiger partial charge in [-0.2, -0.15) is 0 Å². The third kappa shape index (κ3) is 2.24. The fourth-order valence-corrected chi connectivity index (χ4v) is 3.70. The number of ether oxygens (including phenoxy) is 1. The first-order valence-corrected chi connectivity index (χ1v) is 6.91. The maximum atomic E-state index is 5.67. The molecule has 1 unspecified atom stereocenters. The molecule has 0 aromatic heterocycles. The molecule has 1 aliphatic heterocycles. The minimum atomic E-state index is 0.508. The molecule has 0 spiro atoms. The van der Waals surface area contributed by atoms with E-state index < -0.39 is 0 Å². The first kappa shape index (κ1) is 12.6. The number of nitrogens with zero attached hydrogens (tertiary/aromatic N) is 1. The number of rotatable bonds is 3. The summed E-state index contributed by atoms with van der Waals surface area (Å²) in [6, 6.07) is 4.69. The highest BCUT2D eigenvalue weighted by atomic mass is 32.2. The van der Waals surface area contributed by atoms with Gasteiger partial charge in [0.1, 0.15) is 5.75 Å². The second kappa shape index (κ2) is 5.19. The summed E-state index contributed by atoms with van der Waals surface area (Å²) in [5, 5.41) is 0. The first-order chi connectivity index (χ1) is 8.19. The minimum Gasteiger partial charge on any atom is -0.495 e. The zero-order valence-corrected chi connectivity index (χ0v) is 11.5. The van der Waals surface area contributed by atoms with Gasteiger partial charge in [-0.15, -0.1) is 11.8 Å². The van der Waals surface area contributed by atoms with E-state index in [1.54, 1.807) is 7.11 Å². The van der Waals surface area contributed by atoms with Crippen LogP contribution in [0.3, 0.4) is 0 Å². The molecule has 2 rings (SSSR count). The van der Waals surface area contributed by atoms with E-state index in [9.17, 15) is 0 Å². The van der Waals surface area contributed by atoms with Crippen molar-refractivity contribution >= 4 is 17.4 Å². The lowest BCUT2D eigenvalue weighted by Gasteiger charge is -2.37. The normalized spacial score (nSPS) is 19.1. The van der Waals surface area contributed by atoms with Gasteiger partial charge in [0.05, 0.1) is 12.8 Å². The van der Waals surface area contributed by atoms with E-state index in [1.165, 1.54) is 16.1 Å². The summed E-state index contributed by atoms with van der Waals surface area (Å²) in [5.41, 5.74) is 8.22. The summed E-state index contributed by atoms with van der Waals surface area (Å²) in [6.45, 7) is 2.89. The van der Waals surface area contributed by atoms with Gasteiger partial charge in [0.15, 0.2) is 0 Å². The van der Waals surface area contributed by atoms with Crippen LogP contribution in [0.5, 0.6) is 5.75 Å². The Bertz CT molecular complexity index is 409. The number of methoxy groups -OCH3 is 1. The fraction of sp³-hybridized carbons (Fsp3) is 0.538. The summed E-state index contributed by atoms with van der Waals surface area (Å²) >= 11 is 1.92. The smallest absolute Gasteiger partial charge is 0.143 e. The Morgan fingerprint density at radius 1 is 1.53 bits per heavy atom. The van der Waals surface area contributed by atoms with Crippen molar-refractivity contribution in [2.45, 2.75) is 24.3 Å². The van der Waals surface area contributed by atoms with Crippen LogP contribution in [0.25, 0.3) is 0 Å². The molecule has 1 aromatic rings. The zero-order chi connectivity index (χ0) is 12.4. The molecule has 0 radical (unpaired) electrons. The van der Waals surface area contributed by atoms with Gasteiger partial charge in [0.25, 0.3) is 0 Å². The van der Waals surface area contributed by atoms with Gasteiger partial charge in [-0.3, -0.25) is 0 Å². The lowest BCUT2D eigenvalue weighted by molar-refractivity contribution is 0.411. The molecule has 1 atom stereocenters. The number of hydrogen-bond donors (Lipinski definition) is 1. The van der Waals surface area contributed by atoms with Crippen LogP contribution in [0.15, 0.2) is 17.0 Å². The molecule has 0 saturated carbocycles. The van der Waals surface area contributed by atoms with Gasteiger partial charge >= 0.3 is 0 Å². The Morgan fingerprint density at radius 2 is 2.29 bits per heavy atom. The highest BCUT2D eigenvalue weighted by molar-refractivity contribution is 7.99. The van der Waals surface area contributed by atoms with Crippen LogP contribution in [0.2, 0.25) is 0 Å². The second-order valence-electron chi connectivity index (χ2n) is 4.42. The molecule has 1 aliphatic rings. The number of hydrogen-bond acceptors (Lipinski definition) is 4. The maximum absolute atomic E-state index is 5.67. The van der Waals surface area contributed by atoms with E-state index in [2.05, 4.69) is 31.0 Å². The van der Waals surface area contributed by atoms with Crippen molar-refractivity contribution < 1.29 is 4.74 Å². The molecule has 0 saturated heterocycles. The monoisotopic (exact) mass is 252 g/mol. The van der Waals surface area contributed by atoms with Crippen molar-refractivity contribution in [2.24, 2.45) is 5.73 Å². The molecular formula is C13H20N2OS. The van der Waals surface area contributed by atoms with Crippen LogP contribution < -0.4 is 15.4 Å². The van der Waals surface area contributed by atoms with Gasteiger partial charge in [-0.05, 0) is 31.5 Å². The van der Waals surface area contributed by atoms with Gasteiger partial charge in [-0.1, -0.05) is 6.07 Å². The molecule has 1 aromatic carbocycles. The van der Waals surface area contributed by atoms with E-state index >= 15 is 0 Å². The Morgan fingerprint density at radius 3 is 2.94 bits per heavy atom. The van der Waals surface area contributed by atoms with Crippen LogP contribution in [0.4, 0.5) is 5.69 Å². The van der Waals surface area contributed by atoms with Crippen LogP contribution in [0, 0.1) is 6.92 Å². The molecule has 17 heavy (non-hydrogen) atoms. The summed E-state index contributed by atoms with van der Waals surface area (Å²) < 4.78 is 5.48. The number of aryl methyl sites for hydroxylation is 1. The van der Waals surface area contributed by atoms with E-state index in [0.717, 1.165) is 24.5 Å². The van der Waals surface area contributed by atoms with Gasteiger partial charge in [0.2, 0.25) is 0 Å². The Labute approximate surface area is 107 Å². The predicted octanol–water partition coefficient (Wildman–Crippen LogP) is 2.26. The van der Waals surface area contributed by atoms with Crippen LogP contribution in [0.1, 0.15) is 12.0 Å². The van der Waals surface area contributed by atoms with E-state index in [-0.39, 0.29) is 0 Å². The Balaban J connectivity index is 2.42. The van der Waals surface area contributed by atoms with Crippen molar-refractivity contribution in [1.29, 1.82) is 0 Å². The van der Waals surface area contributed by atoms with E-state index in [0.29, 0.717) is 6.04 Å². The summed E-state index contributed by atoms with van der Waals surface area (Å²) in [7, 11) is 3.87.